The largest absolute Gasteiger partial charge is 0.495 e. The Bertz CT molecular complexity index is 1230. The van der Waals surface area contributed by atoms with Gasteiger partial charge in [-0.1, -0.05) is 12.1 Å². The van der Waals surface area contributed by atoms with Gasteiger partial charge < -0.3 is 4.74 Å². The van der Waals surface area contributed by atoms with Crippen molar-refractivity contribution in [2.24, 2.45) is 0 Å². The number of pyridine rings is 1. The molecule has 3 aromatic heterocycles. The summed E-state index contributed by atoms with van der Waals surface area (Å²) in [7, 11) is 3.08. The number of hydrogen-bond acceptors (Lipinski definition) is 5. The highest BCUT2D eigenvalue weighted by molar-refractivity contribution is 6.03. The summed E-state index contributed by atoms with van der Waals surface area (Å²) in [5.41, 5.74) is 0.896. The fraction of sp³-hybridized carbons (Fsp3) is 0.143. The summed E-state index contributed by atoms with van der Waals surface area (Å²) >= 11 is 0. The van der Waals surface area contributed by atoms with E-state index in [9.17, 15) is 18.0 Å². The maximum absolute atomic E-state index is 12.9. The molecule has 31 heavy (non-hydrogen) atoms. The van der Waals surface area contributed by atoms with Crippen LogP contribution in [0, 0.1) is 0 Å². The second-order valence-electron chi connectivity index (χ2n) is 6.64. The molecule has 0 atom stereocenters. The molecule has 4 rings (SSSR count). The number of ether oxygens (including phenoxy) is 1. The van der Waals surface area contributed by atoms with Crippen molar-refractivity contribution < 1.29 is 22.7 Å². The Kier molecular flexibility index (Phi) is 5.05. The lowest BCUT2D eigenvalue weighted by Crippen LogP contribution is -2.28. The first-order valence-electron chi connectivity index (χ1n) is 9.07. The lowest BCUT2D eigenvalue weighted by Gasteiger charge is -2.16. The maximum atomic E-state index is 12.9. The minimum atomic E-state index is -4.42. The molecule has 158 valence electrons. The Labute approximate surface area is 174 Å². The molecular formula is C21H16F3N5O2. The number of imidazole rings is 1. The number of rotatable bonds is 4. The van der Waals surface area contributed by atoms with Gasteiger partial charge in [0.05, 0.1) is 37.0 Å². The minimum Gasteiger partial charge on any atom is -0.495 e. The average Bonchev–Trinajstić information content (AvgIpc) is 3.21. The van der Waals surface area contributed by atoms with Crippen molar-refractivity contribution in [3.8, 4) is 17.0 Å². The van der Waals surface area contributed by atoms with Crippen LogP contribution in [0.25, 0.3) is 16.9 Å². The smallest absolute Gasteiger partial charge is 0.416 e. The monoisotopic (exact) mass is 427 g/mol. The standard InChI is InChI=1S/C21H16F3N5O2/c1-28(18-8-7-15(31-2)9-26-18)20(30)16-12-29-17(10-27-19(29)11-25-16)13-3-5-14(6-4-13)21(22,23)24/h3-12H,1-2H3. The average molecular weight is 427 g/mol. The number of nitrogens with zero attached hydrogens (tertiary/aromatic N) is 5. The van der Waals surface area contributed by atoms with Crippen LogP contribution >= 0.6 is 0 Å². The zero-order chi connectivity index (χ0) is 22.2. The SMILES string of the molecule is COc1ccc(N(C)C(=O)c2cn3c(-c4ccc(C(F)(F)F)cc4)cnc3cn2)nc1. The second-order valence-corrected chi connectivity index (χ2v) is 6.64. The van der Waals surface area contributed by atoms with Crippen molar-refractivity contribution in [2.75, 3.05) is 19.1 Å². The molecule has 0 aliphatic rings. The molecule has 3 heterocycles. The third-order valence-electron chi connectivity index (χ3n) is 4.73. The van der Waals surface area contributed by atoms with Gasteiger partial charge in [0.2, 0.25) is 0 Å². The van der Waals surface area contributed by atoms with Gasteiger partial charge in [-0.3, -0.25) is 14.1 Å². The normalized spacial score (nSPS) is 11.5. The lowest BCUT2D eigenvalue weighted by atomic mass is 10.1. The number of amides is 1. The van der Waals surface area contributed by atoms with Crippen molar-refractivity contribution in [1.82, 2.24) is 19.4 Å². The first kappa shape index (κ1) is 20.3. The van der Waals surface area contributed by atoms with E-state index in [-0.39, 0.29) is 5.69 Å². The number of carbonyl (C=O) groups excluding carboxylic acids is 1. The number of alkyl halides is 3. The summed E-state index contributed by atoms with van der Waals surface area (Å²) in [6.45, 7) is 0. The number of methoxy groups -OCH3 is 1. The van der Waals surface area contributed by atoms with E-state index < -0.39 is 17.6 Å². The third kappa shape index (κ3) is 3.91. The molecule has 0 unspecified atom stereocenters. The van der Waals surface area contributed by atoms with Crippen LogP contribution in [0.4, 0.5) is 19.0 Å². The van der Waals surface area contributed by atoms with Gasteiger partial charge in [0, 0.05) is 18.8 Å². The summed E-state index contributed by atoms with van der Waals surface area (Å²) in [6.07, 6.45) is 1.52. The Morgan fingerprint density at radius 2 is 1.74 bits per heavy atom. The zero-order valence-electron chi connectivity index (χ0n) is 16.5. The second kappa shape index (κ2) is 7.71. The number of anilines is 1. The van der Waals surface area contributed by atoms with Crippen LogP contribution in [0.3, 0.4) is 0 Å². The van der Waals surface area contributed by atoms with Crippen molar-refractivity contribution in [3.05, 3.63) is 72.4 Å². The molecule has 1 amide bonds. The molecule has 0 fully saturated rings. The highest BCUT2D eigenvalue weighted by atomic mass is 19.4. The molecule has 0 aliphatic heterocycles. The molecule has 0 aliphatic carbocycles. The van der Waals surface area contributed by atoms with Crippen LogP contribution in [0.2, 0.25) is 0 Å². The Balaban J connectivity index is 1.67. The quantitative estimate of drug-likeness (QED) is 0.491. The molecule has 1 aromatic carbocycles. The molecule has 10 heteroatoms. The maximum Gasteiger partial charge on any atom is 0.416 e. The highest BCUT2D eigenvalue weighted by Gasteiger charge is 2.30. The van der Waals surface area contributed by atoms with E-state index in [2.05, 4.69) is 15.0 Å². The van der Waals surface area contributed by atoms with E-state index in [1.54, 1.807) is 23.6 Å². The van der Waals surface area contributed by atoms with E-state index in [1.807, 2.05) is 0 Å². The highest BCUT2D eigenvalue weighted by Crippen LogP contribution is 2.31. The number of halogens is 3. The molecular weight excluding hydrogens is 411 g/mol. The fourth-order valence-corrected chi connectivity index (χ4v) is 3.01. The van der Waals surface area contributed by atoms with E-state index in [0.29, 0.717) is 28.5 Å². The lowest BCUT2D eigenvalue weighted by molar-refractivity contribution is -0.137. The number of benzene rings is 1. The number of fused-ring (bicyclic) bond motifs is 1. The van der Waals surface area contributed by atoms with Crippen LogP contribution < -0.4 is 9.64 Å². The first-order valence-corrected chi connectivity index (χ1v) is 9.07. The summed E-state index contributed by atoms with van der Waals surface area (Å²) in [4.78, 5) is 26.8. The van der Waals surface area contributed by atoms with Crippen molar-refractivity contribution in [3.63, 3.8) is 0 Å². The van der Waals surface area contributed by atoms with Crippen molar-refractivity contribution in [2.45, 2.75) is 6.18 Å². The molecule has 0 N–H and O–H groups in total. The molecule has 0 saturated heterocycles. The van der Waals surface area contributed by atoms with Gasteiger partial charge in [-0.2, -0.15) is 13.2 Å². The van der Waals surface area contributed by atoms with E-state index in [4.69, 9.17) is 4.74 Å². The fourth-order valence-electron chi connectivity index (χ4n) is 3.01. The van der Waals surface area contributed by atoms with Gasteiger partial charge in [0.15, 0.2) is 5.65 Å². The Hall–Kier alpha value is -3.95. The number of hydrogen-bond donors (Lipinski definition) is 0. The minimum absolute atomic E-state index is 0.124. The topological polar surface area (TPSA) is 72.6 Å². The van der Waals surface area contributed by atoms with Gasteiger partial charge in [-0.05, 0) is 24.3 Å². The van der Waals surface area contributed by atoms with E-state index >= 15 is 0 Å². The third-order valence-corrected chi connectivity index (χ3v) is 4.73. The summed E-state index contributed by atoms with van der Waals surface area (Å²) in [5, 5.41) is 0. The molecule has 0 radical (unpaired) electrons. The van der Waals surface area contributed by atoms with Crippen LogP contribution in [0.5, 0.6) is 5.75 Å². The van der Waals surface area contributed by atoms with E-state index in [0.717, 1.165) is 12.1 Å². The van der Waals surface area contributed by atoms with Gasteiger partial charge >= 0.3 is 6.18 Å². The molecule has 4 aromatic rings. The molecule has 0 bridgehead atoms. The van der Waals surface area contributed by atoms with Crippen LogP contribution in [0.15, 0.2) is 61.2 Å². The van der Waals surface area contributed by atoms with Gasteiger partial charge in [-0.15, -0.1) is 0 Å². The summed E-state index contributed by atoms with van der Waals surface area (Å²) < 4.78 is 45.2. The zero-order valence-corrected chi connectivity index (χ0v) is 16.5. The number of carbonyl (C=O) groups is 1. The van der Waals surface area contributed by atoms with Gasteiger partial charge in [0.1, 0.15) is 17.3 Å². The Morgan fingerprint density at radius 3 is 2.35 bits per heavy atom. The van der Waals surface area contributed by atoms with Crippen LogP contribution in [-0.4, -0.2) is 39.4 Å². The summed E-state index contributed by atoms with van der Waals surface area (Å²) in [5.74, 6) is 0.552. The van der Waals surface area contributed by atoms with Crippen molar-refractivity contribution >= 4 is 17.4 Å². The predicted octanol–water partition coefficient (Wildman–Crippen LogP) is 4.10. The van der Waals surface area contributed by atoms with Gasteiger partial charge in [0.25, 0.3) is 5.91 Å². The van der Waals surface area contributed by atoms with Crippen LogP contribution in [-0.2, 0) is 6.18 Å². The number of aromatic nitrogens is 4. The molecule has 0 spiro atoms. The molecule has 7 nitrogen and oxygen atoms in total. The molecule has 0 saturated carbocycles. The predicted molar refractivity (Wildman–Crippen MR) is 107 cm³/mol. The van der Waals surface area contributed by atoms with Crippen LogP contribution in [0.1, 0.15) is 16.1 Å². The van der Waals surface area contributed by atoms with Crippen molar-refractivity contribution in [1.29, 1.82) is 0 Å². The Morgan fingerprint density at radius 1 is 1.00 bits per heavy atom. The van der Waals surface area contributed by atoms with Gasteiger partial charge in [-0.25, -0.2) is 15.0 Å². The summed E-state index contributed by atoms with van der Waals surface area (Å²) in [6, 6.07) is 8.06. The van der Waals surface area contributed by atoms with E-state index in [1.165, 1.54) is 48.9 Å². The first-order chi connectivity index (χ1) is 14.8.